The van der Waals surface area contributed by atoms with E-state index in [1.807, 2.05) is 24.3 Å². The molecule has 0 bridgehead atoms. The third-order valence-electron chi connectivity index (χ3n) is 5.87. The normalized spacial score (nSPS) is 14.3. The second-order valence-electron chi connectivity index (χ2n) is 7.62. The van der Waals surface area contributed by atoms with Crippen LogP contribution in [-0.2, 0) is 0 Å². The minimum absolute atomic E-state index is 0.726. The zero-order valence-electron chi connectivity index (χ0n) is 16.4. The summed E-state index contributed by atoms with van der Waals surface area (Å²) >= 11 is 3.61. The van der Waals surface area contributed by atoms with E-state index < -0.39 is 0 Å². The predicted molar refractivity (Wildman–Crippen MR) is 125 cm³/mol. The van der Waals surface area contributed by atoms with Crippen LogP contribution < -0.4 is 0 Å². The van der Waals surface area contributed by atoms with Gasteiger partial charge < -0.3 is 0 Å². The lowest BCUT2D eigenvalue weighted by Gasteiger charge is -2.10. The molecule has 4 aromatic rings. The minimum atomic E-state index is 0.726. The van der Waals surface area contributed by atoms with E-state index in [0.717, 1.165) is 43.0 Å². The number of hydrogen-bond acceptors (Lipinski definition) is 4. The van der Waals surface area contributed by atoms with E-state index in [9.17, 15) is 9.59 Å². The topological polar surface area (TPSA) is 34.1 Å². The Kier molecular flexibility index (Phi) is 4.49. The summed E-state index contributed by atoms with van der Waals surface area (Å²) in [5, 5.41) is 2.38. The van der Waals surface area contributed by atoms with Crippen molar-refractivity contribution in [1.29, 1.82) is 0 Å². The van der Waals surface area contributed by atoms with Gasteiger partial charge in [0.1, 0.15) is 12.6 Å². The van der Waals surface area contributed by atoms with Gasteiger partial charge in [-0.3, -0.25) is 9.59 Å². The van der Waals surface area contributed by atoms with E-state index in [4.69, 9.17) is 0 Å². The van der Waals surface area contributed by atoms with Gasteiger partial charge >= 0.3 is 0 Å². The smallest absolute Gasteiger partial charge is 0.150 e. The molecule has 0 radical (unpaired) electrons. The van der Waals surface area contributed by atoms with Crippen molar-refractivity contribution in [3.8, 4) is 0 Å². The fraction of sp³-hybridized carbons (Fsp3) is 0.200. The SMILES string of the molecule is Cc1sc2ccc(C=O)cc2c1C1=C(c2c(C)sc3ccc(C=O)cc23)CCC1. The molecular formula is C25H20O2S2. The summed E-state index contributed by atoms with van der Waals surface area (Å²) in [6.07, 6.45) is 5.10. The van der Waals surface area contributed by atoms with Crippen LogP contribution >= 0.6 is 22.7 Å². The monoisotopic (exact) mass is 416 g/mol. The van der Waals surface area contributed by atoms with Gasteiger partial charge in [-0.25, -0.2) is 0 Å². The summed E-state index contributed by atoms with van der Waals surface area (Å²) < 4.78 is 2.47. The predicted octanol–water partition coefficient (Wildman–Crippen LogP) is 7.45. The van der Waals surface area contributed by atoms with E-state index in [2.05, 4.69) is 26.0 Å². The average molecular weight is 417 g/mol. The van der Waals surface area contributed by atoms with Crippen LogP contribution in [-0.4, -0.2) is 12.6 Å². The quantitative estimate of drug-likeness (QED) is 0.324. The molecule has 144 valence electrons. The molecule has 2 aromatic heterocycles. The van der Waals surface area contributed by atoms with Crippen LogP contribution in [0.5, 0.6) is 0 Å². The summed E-state index contributed by atoms with van der Waals surface area (Å²) in [4.78, 5) is 25.3. The minimum Gasteiger partial charge on any atom is -0.298 e. The van der Waals surface area contributed by atoms with Gasteiger partial charge in [-0.2, -0.15) is 0 Å². The van der Waals surface area contributed by atoms with E-state index in [1.54, 1.807) is 22.7 Å². The zero-order valence-corrected chi connectivity index (χ0v) is 18.0. The van der Waals surface area contributed by atoms with E-state index in [1.165, 1.54) is 52.2 Å². The van der Waals surface area contributed by atoms with Gasteiger partial charge in [-0.1, -0.05) is 12.1 Å². The number of benzene rings is 2. The van der Waals surface area contributed by atoms with Crippen molar-refractivity contribution in [3.63, 3.8) is 0 Å². The Morgan fingerprint density at radius 2 is 1.17 bits per heavy atom. The molecule has 0 fully saturated rings. The van der Waals surface area contributed by atoms with Gasteiger partial charge in [0.15, 0.2) is 0 Å². The molecule has 2 heterocycles. The Bertz CT molecular complexity index is 1230. The van der Waals surface area contributed by atoms with Gasteiger partial charge in [0.05, 0.1) is 0 Å². The lowest BCUT2D eigenvalue weighted by atomic mass is 9.93. The molecule has 2 aromatic carbocycles. The standard InChI is InChI=1S/C25H20O2S2/c1-14-24(20-10-16(12-26)6-8-22(20)28-14)18-4-3-5-19(18)25-15(2)29-23-9-7-17(13-27)11-21(23)25/h6-13H,3-5H2,1-2H3. The molecule has 5 rings (SSSR count). The van der Waals surface area contributed by atoms with Crippen molar-refractivity contribution in [2.45, 2.75) is 33.1 Å². The number of fused-ring (bicyclic) bond motifs is 2. The van der Waals surface area contributed by atoms with Crippen LogP contribution in [0.2, 0.25) is 0 Å². The maximum absolute atomic E-state index is 11.4. The zero-order chi connectivity index (χ0) is 20.1. The number of rotatable bonds is 4. The molecule has 0 atom stereocenters. The van der Waals surface area contributed by atoms with E-state index in [0.29, 0.717) is 0 Å². The molecule has 1 aliphatic rings. The molecule has 0 saturated heterocycles. The molecule has 0 spiro atoms. The van der Waals surface area contributed by atoms with Crippen molar-refractivity contribution in [2.24, 2.45) is 0 Å². The largest absolute Gasteiger partial charge is 0.298 e. The first kappa shape index (κ1) is 18.5. The van der Waals surface area contributed by atoms with Gasteiger partial charge in [0.2, 0.25) is 0 Å². The van der Waals surface area contributed by atoms with Crippen LogP contribution in [0.15, 0.2) is 36.4 Å². The van der Waals surface area contributed by atoms with Gasteiger partial charge in [-0.05, 0) is 79.6 Å². The number of aldehydes is 2. The van der Waals surface area contributed by atoms with Crippen molar-refractivity contribution >= 4 is 66.6 Å². The molecule has 0 N–H and O–H groups in total. The molecular weight excluding hydrogens is 396 g/mol. The van der Waals surface area contributed by atoms with Crippen LogP contribution in [0.25, 0.3) is 31.3 Å². The highest BCUT2D eigenvalue weighted by Crippen LogP contribution is 2.49. The average Bonchev–Trinajstić information content (AvgIpc) is 3.40. The van der Waals surface area contributed by atoms with Gasteiger partial charge in [-0.15, -0.1) is 22.7 Å². The first-order valence-corrected chi connectivity index (χ1v) is 11.4. The molecule has 0 saturated carbocycles. The molecule has 0 unspecified atom stereocenters. The van der Waals surface area contributed by atoms with Gasteiger partial charge in [0, 0.05) is 41.1 Å². The second kappa shape index (κ2) is 7.05. The van der Waals surface area contributed by atoms with Crippen molar-refractivity contribution < 1.29 is 9.59 Å². The number of allylic oxidation sites excluding steroid dienone is 2. The molecule has 0 amide bonds. The lowest BCUT2D eigenvalue weighted by molar-refractivity contribution is 0.111. The van der Waals surface area contributed by atoms with Gasteiger partial charge in [0.25, 0.3) is 0 Å². The van der Waals surface area contributed by atoms with Crippen molar-refractivity contribution in [2.75, 3.05) is 0 Å². The molecule has 4 heteroatoms. The highest BCUT2D eigenvalue weighted by Gasteiger charge is 2.25. The maximum atomic E-state index is 11.4. The Morgan fingerprint density at radius 1 is 0.724 bits per heavy atom. The second-order valence-corrected chi connectivity index (χ2v) is 10.1. The summed E-state index contributed by atoms with van der Waals surface area (Å²) in [5.41, 5.74) is 6.90. The maximum Gasteiger partial charge on any atom is 0.150 e. The highest BCUT2D eigenvalue weighted by atomic mass is 32.1. The fourth-order valence-electron chi connectivity index (χ4n) is 4.67. The number of hydrogen-bond donors (Lipinski definition) is 0. The molecule has 0 aliphatic heterocycles. The van der Waals surface area contributed by atoms with Crippen LogP contribution in [0.1, 0.15) is 60.9 Å². The Balaban J connectivity index is 1.81. The molecule has 2 nitrogen and oxygen atoms in total. The highest BCUT2D eigenvalue weighted by molar-refractivity contribution is 7.19. The van der Waals surface area contributed by atoms with Crippen LogP contribution in [0, 0.1) is 13.8 Å². The summed E-state index contributed by atoms with van der Waals surface area (Å²) in [7, 11) is 0. The van der Waals surface area contributed by atoms with Crippen molar-refractivity contribution in [1.82, 2.24) is 0 Å². The Labute approximate surface area is 177 Å². The number of thiophene rings is 2. The third-order valence-corrected chi connectivity index (χ3v) is 8.04. The Hall–Kier alpha value is -2.56. The third kappa shape index (κ3) is 2.90. The Morgan fingerprint density at radius 3 is 1.59 bits per heavy atom. The fourth-order valence-corrected chi connectivity index (χ4v) is 6.81. The number of aryl methyl sites for hydroxylation is 2. The first-order valence-electron chi connectivity index (χ1n) is 9.80. The van der Waals surface area contributed by atoms with Crippen LogP contribution in [0.3, 0.4) is 0 Å². The van der Waals surface area contributed by atoms with E-state index in [-0.39, 0.29) is 0 Å². The number of carbonyl (C=O) groups excluding carboxylic acids is 2. The molecule has 29 heavy (non-hydrogen) atoms. The summed E-state index contributed by atoms with van der Waals surface area (Å²) in [5.74, 6) is 0. The first-order chi connectivity index (χ1) is 14.1. The molecule has 1 aliphatic carbocycles. The number of carbonyl (C=O) groups is 2. The van der Waals surface area contributed by atoms with Crippen LogP contribution in [0.4, 0.5) is 0 Å². The van der Waals surface area contributed by atoms with Crippen molar-refractivity contribution in [3.05, 3.63) is 68.4 Å². The summed E-state index contributed by atoms with van der Waals surface area (Å²) in [6, 6.07) is 12.0. The lowest BCUT2D eigenvalue weighted by Crippen LogP contribution is -1.90. The van der Waals surface area contributed by atoms with E-state index >= 15 is 0 Å². The summed E-state index contributed by atoms with van der Waals surface area (Å²) in [6.45, 7) is 4.37.